The van der Waals surface area contributed by atoms with E-state index in [1.165, 1.54) is 5.56 Å². The first-order valence-electron chi connectivity index (χ1n) is 22.6. The molecule has 0 N–H and O–H groups in total. The van der Waals surface area contributed by atoms with Crippen molar-refractivity contribution in [3.05, 3.63) is 128 Å². The molecule has 0 unspecified atom stereocenters. The van der Waals surface area contributed by atoms with Crippen molar-refractivity contribution in [2.45, 2.75) is 119 Å². The molecule has 0 aliphatic carbocycles. The van der Waals surface area contributed by atoms with Crippen LogP contribution in [0.5, 0.6) is 0 Å². The Morgan fingerprint density at radius 3 is 1.02 bits per heavy atom. The van der Waals surface area contributed by atoms with Gasteiger partial charge < -0.3 is 0 Å². The lowest BCUT2D eigenvalue weighted by Crippen LogP contribution is -2.17. The number of hydrogen-bond acceptors (Lipinski definition) is 4. The maximum absolute atomic E-state index is 4.61. The summed E-state index contributed by atoms with van der Waals surface area (Å²) in [6.07, 6.45) is 0. The molecule has 8 heteroatoms. The summed E-state index contributed by atoms with van der Waals surface area (Å²) in [5, 5.41) is 22.0. The van der Waals surface area contributed by atoms with E-state index in [2.05, 4.69) is 212 Å². The van der Waals surface area contributed by atoms with E-state index in [4.69, 9.17) is 0 Å². The van der Waals surface area contributed by atoms with E-state index in [9.17, 15) is 0 Å². The van der Waals surface area contributed by atoms with E-state index in [1.807, 2.05) is 58.5 Å². The van der Waals surface area contributed by atoms with Gasteiger partial charge in [0.15, 0.2) is 0 Å². The average molecular weight is 881 g/mol. The lowest BCUT2D eigenvalue weighted by atomic mass is 9.83. The van der Waals surface area contributed by atoms with Crippen molar-refractivity contribution in [1.29, 1.82) is 0 Å². The van der Waals surface area contributed by atoms with Gasteiger partial charge in [0.1, 0.15) is 27.5 Å². The highest BCUT2D eigenvalue weighted by molar-refractivity contribution is 6.84. The fourth-order valence-corrected chi connectivity index (χ4v) is 6.99. The van der Waals surface area contributed by atoms with Crippen molar-refractivity contribution in [2.24, 2.45) is 20.7 Å². The molecule has 0 saturated heterocycles. The summed E-state index contributed by atoms with van der Waals surface area (Å²) in [6.45, 7) is 38.2. The van der Waals surface area contributed by atoms with Crippen molar-refractivity contribution in [3.63, 3.8) is 0 Å². The molecular weight excluding hydrogens is 813 g/mol. The monoisotopic (exact) mass is 881 g/mol. The molecule has 0 spiro atoms. The minimum absolute atomic E-state index is 0.117. The van der Waals surface area contributed by atoms with Gasteiger partial charge in [-0.3, -0.25) is 10.0 Å². The molecular formula is C56H68N6Si2. The second-order valence-electron chi connectivity index (χ2n) is 19.8. The van der Waals surface area contributed by atoms with Crippen molar-refractivity contribution in [2.75, 3.05) is 26.2 Å². The van der Waals surface area contributed by atoms with Crippen LogP contribution in [0.4, 0.5) is 11.4 Å². The summed E-state index contributed by atoms with van der Waals surface area (Å²) in [6, 6.07) is 24.5. The van der Waals surface area contributed by atoms with E-state index in [0.29, 0.717) is 11.4 Å². The van der Waals surface area contributed by atoms with Gasteiger partial charge in [-0.15, -0.1) is 21.3 Å². The first-order chi connectivity index (χ1) is 30.0. The molecule has 4 aromatic rings. The average Bonchev–Trinajstić information content (AvgIpc) is 3.23. The topological polar surface area (TPSA) is 55.9 Å². The highest BCUT2D eigenvalue weighted by Crippen LogP contribution is 2.30. The van der Waals surface area contributed by atoms with Gasteiger partial charge in [-0.2, -0.15) is 0 Å². The van der Waals surface area contributed by atoms with Crippen molar-refractivity contribution in [3.8, 4) is 58.5 Å². The van der Waals surface area contributed by atoms with Crippen LogP contribution in [-0.4, -0.2) is 52.3 Å². The first-order valence-corrected chi connectivity index (χ1v) is 29.6. The molecule has 64 heavy (non-hydrogen) atoms. The van der Waals surface area contributed by atoms with Crippen LogP contribution in [0.1, 0.15) is 125 Å². The van der Waals surface area contributed by atoms with E-state index in [1.54, 1.807) is 0 Å². The summed E-state index contributed by atoms with van der Waals surface area (Å²) in [7, 11) is -3.52. The lowest BCUT2D eigenvalue weighted by Gasteiger charge is -2.21. The number of nitrogens with zero attached hydrogens (tertiary/aromatic N) is 6. The molecule has 0 aliphatic heterocycles. The second-order valence-corrected chi connectivity index (χ2v) is 29.3. The van der Waals surface area contributed by atoms with Crippen LogP contribution in [0.3, 0.4) is 0 Å². The molecule has 330 valence electrons. The summed E-state index contributed by atoms with van der Waals surface area (Å²) < 4.78 is 0. The lowest BCUT2D eigenvalue weighted by molar-refractivity contribution is 0.300. The van der Waals surface area contributed by atoms with Crippen molar-refractivity contribution < 1.29 is 0 Å². The number of hydrogen-bond donors (Lipinski definition) is 0. The van der Waals surface area contributed by atoms with Gasteiger partial charge in [0.05, 0.1) is 22.3 Å². The molecule has 0 saturated carbocycles. The van der Waals surface area contributed by atoms with E-state index in [0.717, 1.165) is 76.3 Å². The zero-order valence-electron chi connectivity index (χ0n) is 41.4. The van der Waals surface area contributed by atoms with Crippen LogP contribution in [0.2, 0.25) is 39.3 Å². The molecule has 0 fully saturated rings. The highest BCUT2D eigenvalue weighted by atomic mass is 28.3. The Morgan fingerprint density at radius 1 is 0.422 bits per heavy atom. The predicted octanol–water partition coefficient (Wildman–Crippen LogP) is 13.6. The fourth-order valence-electron chi connectivity index (χ4n) is 5.97. The molecule has 0 radical (unpaired) electrons. The van der Waals surface area contributed by atoms with Crippen LogP contribution in [0.15, 0.2) is 93.5 Å². The first kappa shape index (κ1) is 50.6. The minimum atomic E-state index is -1.76. The molecule has 0 amide bonds. The third kappa shape index (κ3) is 15.3. The Hall–Kier alpha value is -6.09. The largest absolute Gasteiger partial charge is 0.279 e. The Balaban J connectivity index is 2.18. The zero-order valence-corrected chi connectivity index (χ0v) is 43.4. The Bertz CT molecular complexity index is 2530. The minimum Gasteiger partial charge on any atom is -0.279 e. The van der Waals surface area contributed by atoms with Gasteiger partial charge >= 0.3 is 0 Å². The van der Waals surface area contributed by atoms with Crippen LogP contribution < -0.4 is 0 Å². The molecule has 0 aromatic heterocycles. The Labute approximate surface area is 388 Å². The van der Waals surface area contributed by atoms with Crippen LogP contribution in [0, 0.1) is 58.5 Å². The van der Waals surface area contributed by atoms with E-state index < -0.39 is 16.1 Å². The van der Waals surface area contributed by atoms with E-state index in [-0.39, 0.29) is 10.8 Å². The molecule has 0 atom stereocenters. The zero-order chi connectivity index (χ0) is 47.3. The molecule has 0 aliphatic rings. The summed E-state index contributed by atoms with van der Waals surface area (Å²) in [5.41, 5.74) is 17.0. The van der Waals surface area contributed by atoms with Crippen molar-refractivity contribution >= 4 is 27.5 Å². The maximum atomic E-state index is 4.61. The van der Waals surface area contributed by atoms with Crippen molar-refractivity contribution in [1.82, 2.24) is 10.0 Å². The summed E-state index contributed by atoms with van der Waals surface area (Å²) >= 11 is 0. The van der Waals surface area contributed by atoms with Gasteiger partial charge in [-0.25, -0.2) is 0 Å². The Morgan fingerprint density at radius 2 is 0.719 bits per heavy atom. The molecule has 0 heterocycles. The standard InChI is InChI=1S/C56H68N6Si2/c1-17-61(18-2)59-57-53-27-23-21-25-43(53)29-31-45-39-49(55(5,6)7)40-46(32-30-44-26-22-24-28-54(44)58-60-62(19-3)20-4)51(45)33-34-52-47(35-37-63(11,12)13)41-50(56(8,9)10)42-48(52)36-38-64(14,15)16/h21-28,39-42H,17-20H2,1-16H3. The second kappa shape index (κ2) is 22.0. The molecule has 4 aromatic carbocycles. The molecule has 4 rings (SSSR count). The maximum Gasteiger partial charge on any atom is 0.129 e. The SMILES string of the molecule is CCN(CC)N=Nc1ccccc1C#Cc1cc(C(C)(C)C)cc(C#Cc2ccccc2N=NN(CC)CC)c1C#Cc1c(C#C[Si](C)(C)C)cc(C(C)(C)C)cc1C#C[Si](C)(C)C. The molecule has 6 nitrogen and oxygen atoms in total. The van der Waals surface area contributed by atoms with Gasteiger partial charge in [0, 0.05) is 48.4 Å². The number of benzene rings is 4. The van der Waals surface area contributed by atoms with Crippen LogP contribution >= 0.6 is 0 Å². The third-order valence-corrected chi connectivity index (χ3v) is 11.7. The van der Waals surface area contributed by atoms with Gasteiger partial charge in [-0.05, 0) is 98.2 Å². The van der Waals surface area contributed by atoms with Gasteiger partial charge in [0.25, 0.3) is 0 Å². The number of rotatable bonds is 8. The summed E-state index contributed by atoms with van der Waals surface area (Å²) in [5.74, 6) is 28.6. The fraction of sp³-hybridized carbons (Fsp3) is 0.393. The van der Waals surface area contributed by atoms with E-state index >= 15 is 0 Å². The predicted molar refractivity (Wildman–Crippen MR) is 276 cm³/mol. The smallest absolute Gasteiger partial charge is 0.129 e. The quantitative estimate of drug-likeness (QED) is 0.0766. The molecule has 0 bridgehead atoms. The third-order valence-electron chi connectivity index (χ3n) is 9.96. The van der Waals surface area contributed by atoms with Crippen LogP contribution in [0.25, 0.3) is 0 Å². The normalized spacial score (nSPS) is 11.6. The van der Waals surface area contributed by atoms with Gasteiger partial charge in [-0.1, -0.05) is 163 Å². The summed E-state index contributed by atoms with van der Waals surface area (Å²) in [4.78, 5) is 0. The van der Waals surface area contributed by atoms with Crippen LogP contribution in [-0.2, 0) is 10.8 Å². The Kier molecular flexibility index (Phi) is 17.4. The highest BCUT2D eigenvalue weighted by Gasteiger charge is 2.21. The van der Waals surface area contributed by atoms with Gasteiger partial charge in [0.2, 0.25) is 0 Å².